The third kappa shape index (κ3) is 9.32. The molecule has 2 aliphatic carbocycles. The van der Waals surface area contributed by atoms with Gasteiger partial charge in [-0.25, -0.2) is 22.6 Å². The Morgan fingerprint density at radius 1 is 1.07 bits per heavy atom. The molecule has 5 amide bonds. The number of hydrogen-bond donors (Lipinski definition) is 4. The van der Waals surface area contributed by atoms with Crippen molar-refractivity contribution in [1.82, 2.24) is 30.6 Å². The minimum atomic E-state index is -3.92. The first-order valence-corrected chi connectivity index (χ1v) is 20.5. The van der Waals surface area contributed by atoms with Gasteiger partial charge in [-0.05, 0) is 92.3 Å². The Labute approximate surface area is 332 Å². The molecule has 0 radical (unpaired) electrons. The Morgan fingerprint density at radius 3 is 2.39 bits per heavy atom. The van der Waals surface area contributed by atoms with Gasteiger partial charge in [-0.15, -0.1) is 6.58 Å². The van der Waals surface area contributed by atoms with Gasteiger partial charge in [0.1, 0.15) is 35.3 Å². The van der Waals surface area contributed by atoms with Crippen LogP contribution >= 0.6 is 0 Å². The van der Waals surface area contributed by atoms with E-state index in [-0.39, 0.29) is 31.1 Å². The number of sulfonamides is 1. The fraction of sp³-hybridized carbons (Fsp3) is 0.488. The number of urea groups is 1. The van der Waals surface area contributed by atoms with Crippen LogP contribution in [0.4, 0.5) is 9.18 Å². The van der Waals surface area contributed by atoms with E-state index < -0.39 is 79.6 Å². The zero-order valence-electron chi connectivity index (χ0n) is 33.1. The van der Waals surface area contributed by atoms with Gasteiger partial charge in [0, 0.05) is 29.5 Å². The van der Waals surface area contributed by atoms with Crippen molar-refractivity contribution >= 4 is 44.5 Å². The molecule has 57 heavy (non-hydrogen) atoms. The Morgan fingerprint density at radius 2 is 1.77 bits per heavy atom. The molecule has 306 valence electrons. The van der Waals surface area contributed by atoms with Crippen molar-refractivity contribution in [2.75, 3.05) is 13.7 Å². The molecule has 6 rings (SSSR count). The minimum Gasteiger partial charge on any atom is -0.497 e. The zero-order chi connectivity index (χ0) is 41.5. The molecular weight excluding hydrogens is 756 g/mol. The second-order valence-corrected chi connectivity index (χ2v) is 18.9. The standard InChI is InChI=1S/C41H51FN6O8S/c1-8-26-22-41(26,37(51)47-57(53,54)30-14-15-30)45-34(49)32-20-29(56-35-31-16-13-28(55-7)19-25(31)17-18-43-35)23-48(32)36(50)33(39(2,3)4)44-38(52)46-40(5,6)21-24-9-11-27(42)12-10-24/h8-13,16-19,26,29-30,32-33H,1,14-15,20-23H2,2-7H3,(H,45,49)(H,47,51)(H2,44,46,52)/t26-,29?,32+,33-,41-/m1/s1. The van der Waals surface area contributed by atoms with Crippen molar-refractivity contribution in [3.05, 3.63) is 78.8 Å². The smallest absolute Gasteiger partial charge is 0.315 e. The van der Waals surface area contributed by atoms with E-state index in [1.54, 1.807) is 78.3 Å². The number of methoxy groups -OCH3 is 1. The average Bonchev–Trinajstić information content (AvgIpc) is 4.07. The Hall–Kier alpha value is -5.25. The van der Waals surface area contributed by atoms with Crippen LogP contribution in [0.5, 0.6) is 11.6 Å². The van der Waals surface area contributed by atoms with Gasteiger partial charge in [0.05, 0.1) is 18.9 Å². The van der Waals surface area contributed by atoms with E-state index in [9.17, 15) is 32.0 Å². The van der Waals surface area contributed by atoms with E-state index in [0.29, 0.717) is 30.4 Å². The molecule has 3 fully saturated rings. The highest BCUT2D eigenvalue weighted by Gasteiger charge is 2.62. The van der Waals surface area contributed by atoms with E-state index in [4.69, 9.17) is 9.47 Å². The van der Waals surface area contributed by atoms with Gasteiger partial charge in [0.25, 0.3) is 5.91 Å². The van der Waals surface area contributed by atoms with Crippen LogP contribution in [0.3, 0.4) is 0 Å². The summed E-state index contributed by atoms with van der Waals surface area (Å²) in [4.78, 5) is 62.0. The lowest BCUT2D eigenvalue weighted by atomic mass is 9.85. The number of benzene rings is 2. The summed E-state index contributed by atoms with van der Waals surface area (Å²) in [5.41, 5.74) is -2.43. The normalized spacial score (nSPS) is 22.6. The van der Waals surface area contributed by atoms with Crippen molar-refractivity contribution in [1.29, 1.82) is 0 Å². The van der Waals surface area contributed by atoms with E-state index in [2.05, 4.69) is 32.2 Å². The molecule has 3 aliphatic rings. The number of hydrogen-bond acceptors (Lipinski definition) is 9. The lowest BCUT2D eigenvalue weighted by Gasteiger charge is -2.36. The predicted octanol–water partition coefficient (Wildman–Crippen LogP) is 4.14. The van der Waals surface area contributed by atoms with Gasteiger partial charge in [-0.2, -0.15) is 0 Å². The number of pyridine rings is 1. The Kier molecular flexibility index (Phi) is 11.3. The van der Waals surface area contributed by atoms with Crippen LogP contribution in [-0.4, -0.2) is 90.2 Å². The largest absolute Gasteiger partial charge is 0.497 e. The van der Waals surface area contributed by atoms with Crippen molar-refractivity contribution in [2.45, 2.75) is 101 Å². The molecule has 14 nitrogen and oxygen atoms in total. The number of ether oxygens (including phenoxy) is 2. The summed E-state index contributed by atoms with van der Waals surface area (Å²) in [5.74, 6) is -2.12. The first-order chi connectivity index (χ1) is 26.7. The number of carbonyl (C=O) groups is 4. The molecule has 1 saturated heterocycles. The summed E-state index contributed by atoms with van der Waals surface area (Å²) in [7, 11) is -2.36. The molecule has 2 aromatic carbocycles. The van der Waals surface area contributed by atoms with Crippen LogP contribution in [0.25, 0.3) is 10.8 Å². The number of likely N-dealkylation sites (tertiary alicyclic amines) is 1. The van der Waals surface area contributed by atoms with Crippen LogP contribution in [0.2, 0.25) is 0 Å². The molecule has 2 saturated carbocycles. The maximum absolute atomic E-state index is 14.7. The molecule has 5 atom stereocenters. The lowest BCUT2D eigenvalue weighted by Crippen LogP contribution is -2.62. The number of nitrogens with zero attached hydrogens (tertiary/aromatic N) is 2. The summed E-state index contributed by atoms with van der Waals surface area (Å²) in [6, 6.07) is 10.2. The molecule has 2 heterocycles. The minimum absolute atomic E-state index is 0.00359. The first kappa shape index (κ1) is 41.4. The highest BCUT2D eigenvalue weighted by Crippen LogP contribution is 2.45. The van der Waals surface area contributed by atoms with E-state index in [0.717, 1.165) is 10.9 Å². The maximum Gasteiger partial charge on any atom is 0.315 e. The highest BCUT2D eigenvalue weighted by atomic mass is 32.2. The maximum atomic E-state index is 14.7. The molecule has 1 unspecified atom stereocenters. The van der Waals surface area contributed by atoms with Crippen LogP contribution in [0.1, 0.15) is 65.9 Å². The van der Waals surface area contributed by atoms with Gasteiger partial charge in [-0.1, -0.05) is 39.0 Å². The van der Waals surface area contributed by atoms with Gasteiger partial charge >= 0.3 is 6.03 Å². The van der Waals surface area contributed by atoms with E-state index in [1.165, 1.54) is 23.1 Å². The third-order valence-electron chi connectivity index (χ3n) is 10.7. The number of fused-ring (bicyclic) bond motifs is 1. The molecular formula is C41H51FN6O8S. The number of rotatable bonds is 14. The number of nitrogens with one attached hydrogen (secondary N) is 4. The monoisotopic (exact) mass is 806 g/mol. The van der Waals surface area contributed by atoms with Crippen LogP contribution in [-0.2, 0) is 30.8 Å². The highest BCUT2D eigenvalue weighted by molar-refractivity contribution is 7.91. The molecule has 1 aromatic heterocycles. The lowest BCUT2D eigenvalue weighted by molar-refractivity contribution is -0.142. The Balaban J connectivity index is 1.26. The van der Waals surface area contributed by atoms with Crippen molar-refractivity contribution in [3.8, 4) is 11.6 Å². The number of carbonyl (C=O) groups excluding carboxylic acids is 4. The van der Waals surface area contributed by atoms with Crippen molar-refractivity contribution in [3.63, 3.8) is 0 Å². The number of halogens is 1. The second kappa shape index (κ2) is 15.6. The summed E-state index contributed by atoms with van der Waals surface area (Å²) in [6.07, 6.45) is 3.70. The summed E-state index contributed by atoms with van der Waals surface area (Å²) in [5, 5.41) is 9.37. The number of amides is 5. The first-order valence-electron chi connectivity index (χ1n) is 19.0. The van der Waals surface area contributed by atoms with Gasteiger partial charge in [0.15, 0.2) is 0 Å². The third-order valence-corrected chi connectivity index (χ3v) is 12.5. The predicted molar refractivity (Wildman–Crippen MR) is 211 cm³/mol. The molecule has 3 aromatic rings. The molecule has 1 aliphatic heterocycles. The van der Waals surface area contributed by atoms with Crippen LogP contribution in [0, 0.1) is 17.2 Å². The van der Waals surface area contributed by atoms with E-state index in [1.807, 2.05) is 6.07 Å². The zero-order valence-corrected chi connectivity index (χ0v) is 33.9. The number of aromatic nitrogens is 1. The SMILES string of the molecule is C=C[C@@H]1C[C@]1(NC(=O)[C@@H]1CC(Oc2nccc3cc(OC)ccc23)CN1C(=O)[C@@H](NC(=O)NC(C)(C)Cc1ccc(F)cc1)C(C)(C)C)C(=O)NS(=O)(=O)C1CC1. The summed E-state index contributed by atoms with van der Waals surface area (Å²) < 4.78 is 52.9. The van der Waals surface area contributed by atoms with Crippen LogP contribution < -0.4 is 30.1 Å². The topological polar surface area (TPSA) is 185 Å². The van der Waals surface area contributed by atoms with Gasteiger partial charge < -0.3 is 30.3 Å². The van der Waals surface area contributed by atoms with E-state index >= 15 is 0 Å². The van der Waals surface area contributed by atoms with Crippen molar-refractivity contribution in [2.24, 2.45) is 11.3 Å². The fourth-order valence-electron chi connectivity index (χ4n) is 7.35. The summed E-state index contributed by atoms with van der Waals surface area (Å²) in [6.45, 7) is 12.7. The molecule has 16 heteroatoms. The summed E-state index contributed by atoms with van der Waals surface area (Å²) >= 11 is 0. The van der Waals surface area contributed by atoms with Crippen LogP contribution in [0.15, 0.2) is 67.4 Å². The van der Waals surface area contributed by atoms with Crippen molar-refractivity contribution < 1.29 is 41.5 Å². The molecule has 4 N–H and O–H groups in total. The van der Waals surface area contributed by atoms with Gasteiger partial charge in [-0.3, -0.25) is 19.1 Å². The second-order valence-electron chi connectivity index (χ2n) is 17.0. The Bertz CT molecular complexity index is 2170. The fourth-order valence-corrected chi connectivity index (χ4v) is 8.71. The molecule has 0 spiro atoms. The quantitative estimate of drug-likeness (QED) is 0.174. The average molecular weight is 807 g/mol. The van der Waals surface area contributed by atoms with Gasteiger partial charge in [0.2, 0.25) is 27.7 Å². The molecule has 0 bridgehead atoms.